The average molecular weight is 512 g/mol. The largest absolute Gasteiger partial charge is 0.350 e. The summed E-state index contributed by atoms with van der Waals surface area (Å²) in [6.45, 7) is 1.23. The summed E-state index contributed by atoms with van der Waals surface area (Å²) < 4.78 is 42.0. The Kier molecular flexibility index (Phi) is 7.42. The fourth-order valence-corrected chi connectivity index (χ4v) is 6.73. The second-order valence-corrected chi connectivity index (χ2v) is 11.3. The molecule has 1 aromatic rings. The topological polar surface area (TPSA) is 114 Å². The van der Waals surface area contributed by atoms with Crippen molar-refractivity contribution in [3.63, 3.8) is 0 Å². The summed E-state index contributed by atoms with van der Waals surface area (Å²) in [6.07, 6.45) is 2.28. The van der Waals surface area contributed by atoms with Gasteiger partial charge in [0.2, 0.25) is 11.8 Å². The number of hydrogen-bond donors (Lipinski definition) is 1. The third-order valence-electron chi connectivity index (χ3n) is 6.74. The predicted octanol–water partition coefficient (Wildman–Crippen LogP) is 1.50. The molecule has 12 heteroatoms. The third-order valence-corrected chi connectivity index (χ3v) is 9.10. The van der Waals surface area contributed by atoms with E-state index >= 15 is 0 Å². The summed E-state index contributed by atoms with van der Waals surface area (Å²) in [4.78, 5) is 27.7. The Morgan fingerprint density at radius 3 is 2.62 bits per heavy atom. The number of benzene rings is 1. The normalized spacial score (nSPS) is 24.4. The number of carbonyl (C=O) groups is 2. The quantitative estimate of drug-likeness (QED) is 0.621. The Balaban J connectivity index is 1.37. The van der Waals surface area contributed by atoms with E-state index in [1.807, 2.05) is 0 Å². The SMILES string of the molecule is N#CC1CN(S(=O)(=O)N2CCC[C@H](C(=O)N3CCC[C@@H]3C(=O)NCc3cccc(F)c3Cl)C2)C1. The fourth-order valence-electron chi connectivity index (χ4n) is 4.75. The van der Waals surface area contributed by atoms with Crippen LogP contribution in [0.4, 0.5) is 4.39 Å². The van der Waals surface area contributed by atoms with Crippen molar-refractivity contribution in [1.29, 1.82) is 5.26 Å². The fraction of sp³-hybridized carbons (Fsp3) is 0.591. The van der Waals surface area contributed by atoms with E-state index < -0.39 is 28.0 Å². The molecule has 4 rings (SSSR count). The molecule has 3 heterocycles. The number of likely N-dealkylation sites (tertiary alicyclic amines) is 1. The monoisotopic (exact) mass is 511 g/mol. The number of nitrogens with zero attached hydrogens (tertiary/aromatic N) is 4. The van der Waals surface area contributed by atoms with Crippen molar-refractivity contribution < 1.29 is 22.4 Å². The number of rotatable bonds is 6. The molecule has 0 aromatic heterocycles. The van der Waals surface area contributed by atoms with E-state index in [1.165, 1.54) is 20.7 Å². The number of nitriles is 1. The van der Waals surface area contributed by atoms with Crippen LogP contribution in [0, 0.1) is 29.0 Å². The van der Waals surface area contributed by atoms with Gasteiger partial charge in [-0.15, -0.1) is 0 Å². The first-order valence-corrected chi connectivity index (χ1v) is 13.2. The van der Waals surface area contributed by atoms with Crippen LogP contribution < -0.4 is 5.32 Å². The molecule has 0 unspecified atom stereocenters. The van der Waals surface area contributed by atoms with Gasteiger partial charge in [-0.3, -0.25) is 9.59 Å². The summed E-state index contributed by atoms with van der Waals surface area (Å²) in [5, 5.41) is 11.6. The van der Waals surface area contributed by atoms with Crippen molar-refractivity contribution >= 4 is 33.6 Å². The Morgan fingerprint density at radius 2 is 1.88 bits per heavy atom. The van der Waals surface area contributed by atoms with Crippen LogP contribution in [0.2, 0.25) is 5.02 Å². The van der Waals surface area contributed by atoms with Crippen molar-refractivity contribution in [1.82, 2.24) is 18.8 Å². The zero-order valence-corrected chi connectivity index (χ0v) is 20.2. The van der Waals surface area contributed by atoms with Gasteiger partial charge in [0.15, 0.2) is 0 Å². The maximum absolute atomic E-state index is 13.6. The second-order valence-electron chi connectivity index (χ2n) is 8.97. The van der Waals surface area contributed by atoms with E-state index in [0.717, 1.165) is 0 Å². The Morgan fingerprint density at radius 1 is 1.15 bits per heavy atom. The lowest BCUT2D eigenvalue weighted by Crippen LogP contribution is -2.57. The van der Waals surface area contributed by atoms with Crippen LogP contribution in [0.3, 0.4) is 0 Å². The van der Waals surface area contributed by atoms with Gasteiger partial charge in [0.05, 0.1) is 22.9 Å². The van der Waals surface area contributed by atoms with Crippen molar-refractivity contribution in [2.75, 3.05) is 32.7 Å². The minimum atomic E-state index is -3.71. The minimum absolute atomic E-state index is 0.0446. The molecular weight excluding hydrogens is 485 g/mol. The molecule has 2 atom stereocenters. The summed E-state index contributed by atoms with van der Waals surface area (Å²) in [6, 6.07) is 5.78. The van der Waals surface area contributed by atoms with E-state index in [1.54, 1.807) is 11.0 Å². The highest BCUT2D eigenvalue weighted by Crippen LogP contribution is 2.29. The van der Waals surface area contributed by atoms with Gasteiger partial charge in [-0.25, -0.2) is 4.39 Å². The number of halogens is 2. The number of nitrogens with one attached hydrogen (secondary N) is 1. The van der Waals surface area contributed by atoms with Crippen LogP contribution in [0.25, 0.3) is 0 Å². The van der Waals surface area contributed by atoms with E-state index in [4.69, 9.17) is 16.9 Å². The van der Waals surface area contributed by atoms with E-state index in [2.05, 4.69) is 11.4 Å². The van der Waals surface area contributed by atoms with Crippen molar-refractivity contribution in [2.24, 2.45) is 11.8 Å². The zero-order chi connectivity index (χ0) is 24.5. The number of hydrogen-bond acceptors (Lipinski definition) is 5. The van der Waals surface area contributed by atoms with Gasteiger partial charge in [-0.05, 0) is 37.3 Å². The highest BCUT2D eigenvalue weighted by molar-refractivity contribution is 7.86. The molecule has 0 bridgehead atoms. The maximum Gasteiger partial charge on any atom is 0.282 e. The zero-order valence-electron chi connectivity index (χ0n) is 18.6. The summed E-state index contributed by atoms with van der Waals surface area (Å²) in [7, 11) is -3.71. The molecular formula is C22H27ClFN5O4S. The molecule has 3 aliphatic heterocycles. The lowest BCUT2D eigenvalue weighted by molar-refractivity contribution is -0.142. The molecule has 3 aliphatic rings. The third kappa shape index (κ3) is 4.91. The molecule has 1 aromatic carbocycles. The highest BCUT2D eigenvalue weighted by atomic mass is 35.5. The van der Waals surface area contributed by atoms with Crippen molar-refractivity contribution in [3.8, 4) is 6.07 Å². The predicted molar refractivity (Wildman–Crippen MR) is 122 cm³/mol. The van der Waals surface area contributed by atoms with Crippen LogP contribution in [-0.4, -0.2) is 72.5 Å². The van der Waals surface area contributed by atoms with Gasteiger partial charge < -0.3 is 10.2 Å². The van der Waals surface area contributed by atoms with Crippen LogP contribution in [0.5, 0.6) is 0 Å². The Bertz CT molecular complexity index is 1110. The van der Waals surface area contributed by atoms with Gasteiger partial charge >= 0.3 is 0 Å². The Labute approximate surface area is 203 Å². The van der Waals surface area contributed by atoms with Gasteiger partial charge in [-0.1, -0.05) is 23.7 Å². The van der Waals surface area contributed by atoms with Gasteiger partial charge in [0.1, 0.15) is 11.9 Å². The molecule has 1 N–H and O–H groups in total. The van der Waals surface area contributed by atoms with E-state index in [-0.39, 0.29) is 48.9 Å². The van der Waals surface area contributed by atoms with Crippen molar-refractivity contribution in [2.45, 2.75) is 38.3 Å². The molecule has 0 spiro atoms. The van der Waals surface area contributed by atoms with Crippen LogP contribution in [0.1, 0.15) is 31.2 Å². The number of carbonyl (C=O) groups excluding carboxylic acids is 2. The summed E-state index contributed by atoms with van der Waals surface area (Å²) in [5.74, 6) is -1.94. The first-order chi connectivity index (χ1) is 16.2. The minimum Gasteiger partial charge on any atom is -0.350 e. The molecule has 3 fully saturated rings. The Hall–Kier alpha value is -2.26. The van der Waals surface area contributed by atoms with E-state index in [0.29, 0.717) is 44.3 Å². The molecule has 184 valence electrons. The lowest BCUT2D eigenvalue weighted by atomic mass is 9.97. The number of amides is 2. The van der Waals surface area contributed by atoms with Crippen LogP contribution in [-0.2, 0) is 26.3 Å². The van der Waals surface area contributed by atoms with Gasteiger partial charge in [0, 0.05) is 39.3 Å². The maximum atomic E-state index is 13.6. The molecule has 0 aliphatic carbocycles. The molecule has 34 heavy (non-hydrogen) atoms. The van der Waals surface area contributed by atoms with Crippen molar-refractivity contribution in [3.05, 3.63) is 34.6 Å². The number of piperidine rings is 1. The van der Waals surface area contributed by atoms with Gasteiger partial charge in [0.25, 0.3) is 10.2 Å². The van der Waals surface area contributed by atoms with Gasteiger partial charge in [-0.2, -0.15) is 22.3 Å². The first kappa shape index (κ1) is 24.9. The van der Waals surface area contributed by atoms with E-state index in [9.17, 15) is 22.4 Å². The van der Waals surface area contributed by atoms with Crippen LogP contribution >= 0.6 is 11.6 Å². The average Bonchev–Trinajstić information content (AvgIpc) is 3.28. The summed E-state index contributed by atoms with van der Waals surface area (Å²) >= 11 is 5.96. The molecule has 2 amide bonds. The molecule has 0 radical (unpaired) electrons. The smallest absolute Gasteiger partial charge is 0.282 e. The first-order valence-electron chi connectivity index (χ1n) is 11.4. The molecule has 9 nitrogen and oxygen atoms in total. The highest BCUT2D eigenvalue weighted by Gasteiger charge is 2.44. The molecule has 0 saturated carbocycles. The standard InChI is InChI=1S/C22H27ClFN5O4S/c23-20-16(4-1-6-18(20)24)11-26-21(30)19-7-3-9-29(19)22(31)17-5-2-8-27(14-17)34(32,33)28-12-15(10-25)13-28/h1,4,6,15,17,19H,2-3,5,7-9,11-14H2,(H,26,30)/t17-,19+/m0/s1. The second kappa shape index (κ2) is 10.2. The summed E-state index contributed by atoms with van der Waals surface area (Å²) in [5.41, 5.74) is 0.448. The van der Waals surface area contributed by atoms with Crippen LogP contribution in [0.15, 0.2) is 18.2 Å². The lowest BCUT2D eigenvalue weighted by Gasteiger charge is -2.41. The molecule has 3 saturated heterocycles.